The van der Waals surface area contributed by atoms with Crippen LogP contribution in [0.2, 0.25) is 15.1 Å². The minimum absolute atomic E-state index is 0.130. The summed E-state index contributed by atoms with van der Waals surface area (Å²) in [5.41, 5.74) is 2.17. The Kier molecular flexibility index (Phi) is 8.18. The predicted octanol–water partition coefficient (Wildman–Crippen LogP) is 5.58. The molecular weight excluding hydrogens is 511 g/mol. The lowest BCUT2D eigenvalue weighted by atomic mass is 10.2. The molecule has 0 spiro atoms. The molecular formula is C24H25Cl3N6O2. The Labute approximate surface area is 219 Å². The smallest absolute Gasteiger partial charge is 0.262 e. The van der Waals surface area contributed by atoms with Gasteiger partial charge in [-0.1, -0.05) is 40.9 Å². The van der Waals surface area contributed by atoms with Crippen LogP contribution in [0.15, 0.2) is 42.6 Å². The molecule has 1 saturated heterocycles. The van der Waals surface area contributed by atoms with E-state index in [1.807, 2.05) is 18.2 Å². The lowest BCUT2D eigenvalue weighted by molar-refractivity contribution is 0.102. The van der Waals surface area contributed by atoms with E-state index in [0.29, 0.717) is 27.4 Å². The number of nitrogens with zero attached hydrogens (tertiary/aromatic N) is 4. The summed E-state index contributed by atoms with van der Waals surface area (Å²) < 4.78 is 5.61. The van der Waals surface area contributed by atoms with E-state index >= 15 is 0 Å². The maximum absolute atomic E-state index is 12.9. The molecule has 2 heterocycles. The molecule has 1 fully saturated rings. The maximum Gasteiger partial charge on any atom is 0.262 e. The van der Waals surface area contributed by atoms with E-state index in [2.05, 4.69) is 37.4 Å². The van der Waals surface area contributed by atoms with Gasteiger partial charge in [0.15, 0.2) is 0 Å². The Balaban J connectivity index is 1.51. The average Bonchev–Trinajstić information content (AvgIpc) is 2.83. The molecule has 3 aromatic rings. The summed E-state index contributed by atoms with van der Waals surface area (Å²) in [7, 11) is 2.11. The zero-order chi connectivity index (χ0) is 24.9. The Morgan fingerprint density at radius 2 is 1.77 bits per heavy atom. The van der Waals surface area contributed by atoms with Gasteiger partial charge < -0.3 is 25.2 Å². The molecule has 2 aromatic carbocycles. The van der Waals surface area contributed by atoms with Gasteiger partial charge in [0.25, 0.3) is 5.91 Å². The van der Waals surface area contributed by atoms with E-state index in [1.54, 1.807) is 25.1 Å². The third-order valence-electron chi connectivity index (χ3n) is 5.53. The minimum atomic E-state index is -0.491. The number of aromatic nitrogens is 2. The first-order chi connectivity index (χ1) is 16.9. The molecule has 1 aliphatic rings. The van der Waals surface area contributed by atoms with Gasteiger partial charge in [0.2, 0.25) is 11.8 Å². The molecule has 1 aromatic heterocycles. The maximum atomic E-state index is 12.9. The van der Waals surface area contributed by atoms with Crippen LogP contribution in [-0.2, 0) is 0 Å². The van der Waals surface area contributed by atoms with Crippen molar-refractivity contribution in [2.45, 2.75) is 6.92 Å². The second kappa shape index (κ2) is 11.3. The zero-order valence-electron chi connectivity index (χ0n) is 19.3. The van der Waals surface area contributed by atoms with E-state index in [4.69, 9.17) is 39.5 Å². The molecule has 0 bridgehead atoms. The first-order valence-electron chi connectivity index (χ1n) is 11.1. The number of amides is 1. The van der Waals surface area contributed by atoms with Crippen molar-refractivity contribution in [1.29, 1.82) is 0 Å². The Hall–Kier alpha value is -2.78. The molecule has 0 atom stereocenters. The van der Waals surface area contributed by atoms with Crippen LogP contribution in [-0.4, -0.2) is 60.6 Å². The number of carbonyl (C=O) groups excluding carboxylic acids is 1. The summed E-state index contributed by atoms with van der Waals surface area (Å²) in [5, 5.41) is 7.10. The van der Waals surface area contributed by atoms with E-state index in [9.17, 15) is 4.79 Å². The standard InChI is InChI=1S/C24H25Cl3N6O2/c1-3-35-23-16(22(34)30-21-17(25)5-4-6-18(21)26)14-28-24(31-23)29-15-7-8-20(19(27)13-15)33-11-9-32(2)10-12-33/h4-8,13-14H,3,9-12H2,1-2H3,(H,30,34)(H,28,29,31). The van der Waals surface area contributed by atoms with Crippen LogP contribution >= 0.6 is 34.8 Å². The van der Waals surface area contributed by atoms with Gasteiger partial charge in [-0.2, -0.15) is 4.98 Å². The number of halogens is 3. The number of piperazine rings is 1. The van der Waals surface area contributed by atoms with Crippen molar-refractivity contribution in [3.63, 3.8) is 0 Å². The van der Waals surface area contributed by atoms with Crippen molar-refractivity contribution in [3.05, 3.63) is 63.2 Å². The number of hydrogen-bond acceptors (Lipinski definition) is 7. The highest BCUT2D eigenvalue weighted by Crippen LogP contribution is 2.32. The number of carbonyl (C=O) groups is 1. The van der Waals surface area contributed by atoms with Gasteiger partial charge in [-0.15, -0.1) is 0 Å². The third kappa shape index (κ3) is 6.08. The summed E-state index contributed by atoms with van der Waals surface area (Å²) in [4.78, 5) is 26.1. The Morgan fingerprint density at radius 1 is 1.06 bits per heavy atom. The molecule has 2 N–H and O–H groups in total. The SMILES string of the molecule is CCOc1nc(Nc2ccc(N3CCN(C)CC3)c(Cl)c2)ncc1C(=O)Nc1c(Cl)cccc1Cl. The number of anilines is 4. The van der Waals surface area contributed by atoms with Crippen LogP contribution < -0.4 is 20.3 Å². The number of ether oxygens (including phenoxy) is 1. The first kappa shape index (κ1) is 25.3. The highest BCUT2D eigenvalue weighted by Gasteiger charge is 2.20. The van der Waals surface area contributed by atoms with Gasteiger partial charge >= 0.3 is 0 Å². The molecule has 184 valence electrons. The number of para-hydroxylation sites is 1. The van der Waals surface area contributed by atoms with Crippen LogP contribution in [0.5, 0.6) is 5.88 Å². The van der Waals surface area contributed by atoms with E-state index in [-0.39, 0.29) is 17.4 Å². The monoisotopic (exact) mass is 534 g/mol. The molecule has 11 heteroatoms. The molecule has 0 unspecified atom stereocenters. The van der Waals surface area contributed by atoms with Gasteiger partial charge in [0.1, 0.15) is 5.56 Å². The summed E-state index contributed by atoms with van der Waals surface area (Å²) in [6, 6.07) is 10.7. The molecule has 0 saturated carbocycles. The number of rotatable bonds is 7. The average molecular weight is 536 g/mol. The van der Waals surface area contributed by atoms with Gasteiger partial charge in [-0.3, -0.25) is 4.79 Å². The van der Waals surface area contributed by atoms with E-state index in [1.165, 1.54) is 6.20 Å². The van der Waals surface area contributed by atoms with Crippen LogP contribution in [0.4, 0.5) is 23.0 Å². The van der Waals surface area contributed by atoms with Crippen molar-refractivity contribution in [3.8, 4) is 5.88 Å². The highest BCUT2D eigenvalue weighted by atomic mass is 35.5. The normalized spacial score (nSPS) is 14.0. The fourth-order valence-corrected chi connectivity index (χ4v) is 4.44. The second-order valence-electron chi connectivity index (χ2n) is 7.98. The quantitative estimate of drug-likeness (QED) is 0.408. The van der Waals surface area contributed by atoms with Crippen molar-refractivity contribution >= 4 is 63.7 Å². The predicted molar refractivity (Wildman–Crippen MR) is 142 cm³/mol. The molecule has 0 aliphatic carbocycles. The number of nitrogens with one attached hydrogen (secondary N) is 2. The largest absolute Gasteiger partial charge is 0.477 e. The molecule has 8 nitrogen and oxygen atoms in total. The molecule has 4 rings (SSSR count). The fraction of sp³-hybridized carbons (Fsp3) is 0.292. The number of hydrogen-bond donors (Lipinski definition) is 2. The summed E-state index contributed by atoms with van der Waals surface area (Å²) in [6.07, 6.45) is 1.39. The van der Waals surface area contributed by atoms with Crippen LogP contribution in [0, 0.1) is 0 Å². The zero-order valence-corrected chi connectivity index (χ0v) is 21.6. The molecule has 1 aliphatic heterocycles. The number of likely N-dealkylation sites (N-methyl/N-ethyl adjacent to an activating group) is 1. The Morgan fingerprint density at radius 3 is 2.43 bits per heavy atom. The third-order valence-corrected chi connectivity index (χ3v) is 6.46. The van der Waals surface area contributed by atoms with E-state index in [0.717, 1.165) is 37.6 Å². The Bertz CT molecular complexity index is 1200. The van der Waals surface area contributed by atoms with Gasteiger partial charge in [-0.05, 0) is 44.3 Å². The van der Waals surface area contributed by atoms with Crippen molar-refractivity contribution in [2.24, 2.45) is 0 Å². The second-order valence-corrected chi connectivity index (χ2v) is 9.20. The van der Waals surface area contributed by atoms with Crippen molar-refractivity contribution in [1.82, 2.24) is 14.9 Å². The van der Waals surface area contributed by atoms with Gasteiger partial charge in [0.05, 0.1) is 33.0 Å². The van der Waals surface area contributed by atoms with Crippen LogP contribution in [0.1, 0.15) is 17.3 Å². The van der Waals surface area contributed by atoms with Gasteiger partial charge in [0, 0.05) is 38.1 Å². The van der Waals surface area contributed by atoms with Crippen LogP contribution in [0.25, 0.3) is 0 Å². The lowest BCUT2D eigenvalue weighted by Crippen LogP contribution is -2.44. The lowest BCUT2D eigenvalue weighted by Gasteiger charge is -2.34. The topological polar surface area (TPSA) is 82.6 Å². The minimum Gasteiger partial charge on any atom is -0.477 e. The highest BCUT2D eigenvalue weighted by molar-refractivity contribution is 6.40. The summed E-state index contributed by atoms with van der Waals surface area (Å²) >= 11 is 18.9. The van der Waals surface area contributed by atoms with Crippen molar-refractivity contribution < 1.29 is 9.53 Å². The van der Waals surface area contributed by atoms with Crippen molar-refractivity contribution in [2.75, 3.05) is 55.4 Å². The first-order valence-corrected chi connectivity index (χ1v) is 12.2. The summed E-state index contributed by atoms with van der Waals surface area (Å²) in [6.45, 7) is 5.95. The number of benzene rings is 2. The fourth-order valence-electron chi connectivity index (χ4n) is 3.64. The van der Waals surface area contributed by atoms with Crippen LogP contribution in [0.3, 0.4) is 0 Å². The van der Waals surface area contributed by atoms with E-state index < -0.39 is 5.91 Å². The molecule has 35 heavy (non-hydrogen) atoms. The summed E-state index contributed by atoms with van der Waals surface area (Å²) in [5.74, 6) is -0.0930. The van der Waals surface area contributed by atoms with Gasteiger partial charge in [-0.25, -0.2) is 4.98 Å². The molecule has 1 amide bonds. The molecule has 0 radical (unpaired) electrons.